The van der Waals surface area contributed by atoms with Crippen molar-refractivity contribution in [3.05, 3.63) is 59.2 Å². The molecule has 2 aromatic rings. The molecule has 0 bridgehead atoms. The first-order chi connectivity index (χ1) is 12.0. The van der Waals surface area contributed by atoms with E-state index >= 15 is 0 Å². The number of hydrogen-bond donors (Lipinski definition) is 1. The zero-order valence-electron chi connectivity index (χ0n) is 14.2. The molecule has 25 heavy (non-hydrogen) atoms. The second-order valence-electron chi connectivity index (χ2n) is 5.85. The predicted molar refractivity (Wildman–Crippen MR) is 91.2 cm³/mol. The van der Waals surface area contributed by atoms with Crippen LogP contribution in [0.4, 0.5) is 0 Å². The monoisotopic (exact) mass is 341 g/mol. The van der Waals surface area contributed by atoms with E-state index in [1.807, 2.05) is 0 Å². The zero-order valence-corrected chi connectivity index (χ0v) is 14.2. The van der Waals surface area contributed by atoms with Crippen LogP contribution in [0.1, 0.15) is 33.4 Å². The van der Waals surface area contributed by atoms with Gasteiger partial charge in [0.15, 0.2) is 11.5 Å². The Labute approximate surface area is 145 Å². The topological polar surface area (TPSA) is 76.1 Å². The normalized spacial score (nSPS) is 19.3. The molecule has 0 saturated heterocycles. The molecule has 6 heteroatoms. The van der Waals surface area contributed by atoms with Crippen LogP contribution in [0.25, 0.3) is 0 Å². The Morgan fingerprint density at radius 3 is 2.36 bits per heavy atom. The summed E-state index contributed by atoms with van der Waals surface area (Å²) >= 11 is 0. The molecule has 6 nitrogen and oxygen atoms in total. The molecule has 1 aliphatic rings. The summed E-state index contributed by atoms with van der Waals surface area (Å²) in [5.41, 5.74) is 1.52. The predicted octanol–water partition coefficient (Wildman–Crippen LogP) is 2.70. The smallest absolute Gasteiger partial charge is 0.313 e. The Kier molecular flexibility index (Phi) is 4.35. The third kappa shape index (κ3) is 2.59. The van der Waals surface area contributed by atoms with Crippen molar-refractivity contribution in [3.8, 4) is 11.5 Å². The molecule has 0 saturated carbocycles. The quantitative estimate of drug-likeness (QED) is 0.925. The lowest BCUT2D eigenvalue weighted by molar-refractivity contribution is -0.140. The number of fused-ring (bicyclic) bond motifs is 1. The molecule has 0 aromatic heterocycles. The number of amides is 1. The van der Waals surface area contributed by atoms with Crippen LogP contribution in [0, 0.1) is 0 Å². The highest BCUT2D eigenvalue weighted by atomic mass is 16.5. The Morgan fingerprint density at radius 2 is 1.72 bits per heavy atom. The van der Waals surface area contributed by atoms with Gasteiger partial charge in [-0.3, -0.25) is 9.59 Å². The largest absolute Gasteiger partial charge is 0.493 e. The highest BCUT2D eigenvalue weighted by molar-refractivity contribution is 6.00. The van der Waals surface area contributed by atoms with Crippen LogP contribution in [0.2, 0.25) is 0 Å². The van der Waals surface area contributed by atoms with Gasteiger partial charge in [0.1, 0.15) is 5.92 Å². The van der Waals surface area contributed by atoms with E-state index in [-0.39, 0.29) is 5.91 Å². The third-order valence-corrected chi connectivity index (χ3v) is 4.60. The number of carbonyl (C=O) groups is 2. The number of nitrogens with zero attached hydrogens (tertiary/aromatic N) is 1. The lowest BCUT2D eigenvalue weighted by atomic mass is 9.79. The van der Waals surface area contributed by atoms with Gasteiger partial charge < -0.3 is 19.5 Å². The molecule has 0 spiro atoms. The standard InChI is InChI=1S/C19H19NO5/c1-20-16(13-9-6-10-14(24-2)17(13)25-3)15(19(22)23)11-7-4-5-8-12(11)18(20)21/h4-10,15-16H,1-3H3,(H,22,23)/t15-,16-/m0/s1. The number of para-hydroxylation sites is 1. The van der Waals surface area contributed by atoms with E-state index in [1.165, 1.54) is 19.1 Å². The molecular formula is C19H19NO5. The number of carbonyl (C=O) groups excluding carboxylic acids is 1. The molecule has 2 aromatic carbocycles. The van der Waals surface area contributed by atoms with Gasteiger partial charge in [0.25, 0.3) is 5.91 Å². The summed E-state index contributed by atoms with van der Waals surface area (Å²) < 4.78 is 10.8. The van der Waals surface area contributed by atoms with E-state index in [0.717, 1.165) is 0 Å². The second kappa shape index (κ2) is 6.47. The van der Waals surface area contributed by atoms with Crippen molar-refractivity contribution in [2.24, 2.45) is 0 Å². The van der Waals surface area contributed by atoms with Gasteiger partial charge in [-0.25, -0.2) is 0 Å². The van der Waals surface area contributed by atoms with Crippen molar-refractivity contribution < 1.29 is 24.2 Å². The fraction of sp³-hybridized carbons (Fsp3) is 0.263. The number of hydrogen-bond acceptors (Lipinski definition) is 4. The lowest BCUT2D eigenvalue weighted by Crippen LogP contribution is -2.42. The first-order valence-electron chi connectivity index (χ1n) is 7.81. The molecular weight excluding hydrogens is 322 g/mol. The average Bonchev–Trinajstić information content (AvgIpc) is 2.63. The summed E-state index contributed by atoms with van der Waals surface area (Å²) in [6.45, 7) is 0. The first kappa shape index (κ1) is 16.8. The molecule has 0 aliphatic carbocycles. The molecule has 3 rings (SSSR count). The average molecular weight is 341 g/mol. The SMILES string of the molecule is COc1cccc([C@H]2[C@@H](C(=O)O)c3ccccc3C(=O)N2C)c1OC. The van der Waals surface area contributed by atoms with Gasteiger partial charge in [0.05, 0.1) is 20.3 Å². The minimum Gasteiger partial charge on any atom is -0.493 e. The number of aliphatic carboxylic acids is 1. The van der Waals surface area contributed by atoms with Crippen molar-refractivity contribution >= 4 is 11.9 Å². The molecule has 0 unspecified atom stereocenters. The number of rotatable bonds is 4. The molecule has 1 N–H and O–H groups in total. The van der Waals surface area contributed by atoms with Gasteiger partial charge >= 0.3 is 5.97 Å². The Hall–Kier alpha value is -3.02. The van der Waals surface area contributed by atoms with Crippen LogP contribution in [0.5, 0.6) is 11.5 Å². The number of ether oxygens (including phenoxy) is 2. The third-order valence-electron chi connectivity index (χ3n) is 4.60. The maximum atomic E-state index is 12.8. The fourth-order valence-corrected chi connectivity index (χ4v) is 3.47. The molecule has 0 fully saturated rings. The number of methoxy groups -OCH3 is 2. The molecule has 2 atom stereocenters. The highest BCUT2D eigenvalue weighted by Gasteiger charge is 2.44. The minimum atomic E-state index is -0.998. The van der Waals surface area contributed by atoms with Crippen molar-refractivity contribution in [1.82, 2.24) is 4.90 Å². The van der Waals surface area contributed by atoms with Crippen molar-refractivity contribution in [2.45, 2.75) is 12.0 Å². The van der Waals surface area contributed by atoms with Crippen LogP contribution in [-0.4, -0.2) is 43.2 Å². The highest BCUT2D eigenvalue weighted by Crippen LogP contribution is 2.46. The van der Waals surface area contributed by atoms with Crippen LogP contribution in [-0.2, 0) is 4.79 Å². The Morgan fingerprint density at radius 1 is 1.04 bits per heavy atom. The van der Waals surface area contributed by atoms with Gasteiger partial charge in [-0.15, -0.1) is 0 Å². The number of carboxylic acids is 1. The Balaban J connectivity index is 2.25. The maximum absolute atomic E-state index is 12.8. The summed E-state index contributed by atoms with van der Waals surface area (Å²) in [6.07, 6.45) is 0. The van der Waals surface area contributed by atoms with Gasteiger partial charge in [-0.2, -0.15) is 0 Å². The van der Waals surface area contributed by atoms with Gasteiger partial charge in [0.2, 0.25) is 0 Å². The van der Waals surface area contributed by atoms with Crippen molar-refractivity contribution in [3.63, 3.8) is 0 Å². The molecule has 0 radical (unpaired) electrons. The summed E-state index contributed by atoms with van der Waals surface area (Å²) in [6, 6.07) is 11.4. The van der Waals surface area contributed by atoms with E-state index in [9.17, 15) is 14.7 Å². The van der Waals surface area contributed by atoms with Crippen molar-refractivity contribution in [1.29, 1.82) is 0 Å². The van der Waals surface area contributed by atoms with Crippen LogP contribution in [0.3, 0.4) is 0 Å². The first-order valence-corrected chi connectivity index (χ1v) is 7.81. The summed E-state index contributed by atoms with van der Waals surface area (Å²) in [5, 5.41) is 9.90. The zero-order chi connectivity index (χ0) is 18.1. The lowest BCUT2D eigenvalue weighted by Gasteiger charge is -2.39. The van der Waals surface area contributed by atoms with Crippen molar-refractivity contribution in [2.75, 3.05) is 21.3 Å². The fourth-order valence-electron chi connectivity index (χ4n) is 3.47. The molecule has 130 valence electrons. The summed E-state index contributed by atoms with van der Waals surface area (Å²) in [5.74, 6) is -1.20. The second-order valence-corrected chi connectivity index (χ2v) is 5.85. The van der Waals surface area contributed by atoms with E-state index in [4.69, 9.17) is 9.47 Å². The van der Waals surface area contributed by atoms with E-state index in [2.05, 4.69) is 0 Å². The molecule has 1 aliphatic heterocycles. The van der Waals surface area contributed by atoms with E-state index in [0.29, 0.717) is 28.2 Å². The Bertz CT molecular complexity index is 832. The van der Waals surface area contributed by atoms with Gasteiger partial charge in [0, 0.05) is 18.2 Å². The molecule has 1 heterocycles. The summed E-state index contributed by atoms with van der Waals surface area (Å²) in [4.78, 5) is 26.3. The van der Waals surface area contributed by atoms with Gasteiger partial charge in [-0.05, 0) is 17.7 Å². The number of carboxylic acid groups (broad SMARTS) is 1. The van der Waals surface area contributed by atoms with Crippen LogP contribution in [0.15, 0.2) is 42.5 Å². The minimum absolute atomic E-state index is 0.219. The van der Waals surface area contributed by atoms with Crippen LogP contribution >= 0.6 is 0 Å². The van der Waals surface area contributed by atoms with E-state index < -0.39 is 17.9 Å². The van der Waals surface area contributed by atoms with Gasteiger partial charge in [-0.1, -0.05) is 30.3 Å². The number of benzene rings is 2. The van der Waals surface area contributed by atoms with E-state index in [1.54, 1.807) is 49.5 Å². The molecule has 1 amide bonds. The summed E-state index contributed by atoms with van der Waals surface area (Å²) in [7, 11) is 4.62. The van der Waals surface area contributed by atoms with Crippen LogP contribution < -0.4 is 9.47 Å². The number of likely N-dealkylation sites (N-methyl/N-ethyl adjacent to an activating group) is 1. The maximum Gasteiger partial charge on any atom is 0.313 e.